The number of nitriles is 1. The molecule has 0 saturated carbocycles. The van der Waals surface area contributed by atoms with E-state index in [2.05, 4.69) is 49.1 Å². The van der Waals surface area contributed by atoms with E-state index < -0.39 is 0 Å². The van der Waals surface area contributed by atoms with Crippen LogP contribution in [-0.2, 0) is 17.8 Å². The van der Waals surface area contributed by atoms with Gasteiger partial charge in [0, 0.05) is 31.7 Å². The molecule has 2 aromatic rings. The molecule has 1 amide bonds. The number of benzene rings is 1. The minimum absolute atomic E-state index is 0.0744. The Labute approximate surface area is 254 Å². The zero-order valence-corrected chi connectivity index (χ0v) is 26.5. The lowest BCUT2D eigenvalue weighted by Gasteiger charge is -2.36. The number of rotatable bonds is 11. The molecule has 2 saturated heterocycles. The van der Waals surface area contributed by atoms with E-state index in [1.54, 1.807) is 9.47 Å². The van der Waals surface area contributed by atoms with Crippen molar-refractivity contribution in [1.29, 1.82) is 5.26 Å². The number of amides is 1. The van der Waals surface area contributed by atoms with Crippen LogP contribution in [0.15, 0.2) is 40.0 Å². The zero-order valence-electron chi connectivity index (χ0n) is 24.8. The van der Waals surface area contributed by atoms with Gasteiger partial charge in [0.15, 0.2) is 0 Å². The van der Waals surface area contributed by atoms with E-state index in [4.69, 9.17) is 12.2 Å². The minimum Gasteiger partial charge on any atom is -0.357 e. The average molecular weight is 591 g/mol. The van der Waals surface area contributed by atoms with Gasteiger partial charge < -0.3 is 4.90 Å². The van der Waals surface area contributed by atoms with Gasteiger partial charge in [-0.1, -0.05) is 87.4 Å². The average Bonchev–Trinajstić information content (AvgIpc) is 3.24. The van der Waals surface area contributed by atoms with Crippen molar-refractivity contribution in [2.75, 3.05) is 24.5 Å². The van der Waals surface area contributed by atoms with Crippen LogP contribution in [-0.4, -0.2) is 39.3 Å². The van der Waals surface area contributed by atoms with Gasteiger partial charge in [0.1, 0.15) is 21.8 Å². The lowest BCUT2D eigenvalue weighted by molar-refractivity contribution is -0.122. The first-order valence-electron chi connectivity index (χ1n) is 15.0. The lowest BCUT2D eigenvalue weighted by Crippen LogP contribution is -2.39. The molecule has 6 nitrogen and oxygen atoms in total. The Kier molecular flexibility index (Phi) is 10.9. The van der Waals surface area contributed by atoms with Gasteiger partial charge in [0.25, 0.3) is 11.5 Å². The maximum atomic E-state index is 13.6. The summed E-state index contributed by atoms with van der Waals surface area (Å²) in [6, 6.07) is 12.7. The summed E-state index contributed by atoms with van der Waals surface area (Å²) < 4.78 is 2.30. The first-order chi connectivity index (χ1) is 19.8. The van der Waals surface area contributed by atoms with Crippen LogP contribution in [0.2, 0.25) is 0 Å². The van der Waals surface area contributed by atoms with E-state index in [1.165, 1.54) is 17.3 Å². The summed E-state index contributed by atoms with van der Waals surface area (Å²) in [5, 5.41) is 9.92. The number of hydrogen-bond donors (Lipinski definition) is 0. The van der Waals surface area contributed by atoms with Gasteiger partial charge in [0.05, 0.1) is 4.91 Å². The maximum Gasteiger partial charge on any atom is 0.270 e. The highest BCUT2D eigenvalue weighted by Gasteiger charge is 2.34. The minimum atomic E-state index is -0.264. The van der Waals surface area contributed by atoms with Crippen LogP contribution in [0.25, 0.3) is 6.08 Å². The predicted octanol–water partition coefficient (Wildman–Crippen LogP) is 6.93. The second kappa shape index (κ2) is 14.3. The molecular formula is C33H42N4O2S2. The van der Waals surface area contributed by atoms with Crippen LogP contribution in [0, 0.1) is 30.1 Å². The molecule has 1 unspecified atom stereocenters. The first kappa shape index (κ1) is 31.1. The molecule has 0 spiro atoms. The standard InChI is InChI=1S/C33H42N4O2S2/c1-5-8-12-24(6-2)22-37-32(39)29(41-33(37)40)20-27-23(4)28(21-34)31(38)36(7-3)30(27)35-17-15-26(16-18-35)19-25-13-10-9-11-14-25/h9-11,13-14,20,24,26H,5-8,12,15-19,22H2,1-4H3/b29-20+. The van der Waals surface area contributed by atoms with Gasteiger partial charge in [-0.2, -0.15) is 5.26 Å². The number of hydrogen-bond acceptors (Lipinski definition) is 6. The van der Waals surface area contributed by atoms with Gasteiger partial charge in [-0.3, -0.25) is 19.1 Å². The molecular weight excluding hydrogens is 549 g/mol. The molecule has 41 heavy (non-hydrogen) atoms. The topological polar surface area (TPSA) is 69.3 Å². The van der Waals surface area contributed by atoms with Crippen molar-refractivity contribution in [3.8, 4) is 6.07 Å². The van der Waals surface area contributed by atoms with E-state index in [-0.39, 0.29) is 17.0 Å². The second-order valence-electron chi connectivity index (χ2n) is 11.2. The summed E-state index contributed by atoms with van der Waals surface area (Å²) in [5.74, 6) is 1.73. The Morgan fingerprint density at radius 3 is 2.46 bits per heavy atom. The number of pyridine rings is 1. The third-order valence-electron chi connectivity index (χ3n) is 8.58. The molecule has 218 valence electrons. The summed E-state index contributed by atoms with van der Waals surface area (Å²) in [4.78, 5) is 31.6. The molecule has 4 rings (SSSR count). The first-order valence-corrected chi connectivity index (χ1v) is 16.3. The molecule has 1 aromatic carbocycles. The van der Waals surface area contributed by atoms with Crippen molar-refractivity contribution >= 4 is 46.1 Å². The fourth-order valence-electron chi connectivity index (χ4n) is 6.04. The monoisotopic (exact) mass is 590 g/mol. The Morgan fingerprint density at radius 2 is 1.85 bits per heavy atom. The van der Waals surface area contributed by atoms with E-state index in [9.17, 15) is 14.9 Å². The van der Waals surface area contributed by atoms with E-state index in [0.29, 0.717) is 39.7 Å². The Bertz CT molecular complexity index is 1380. The molecule has 2 aliphatic rings. The quantitative estimate of drug-likeness (QED) is 0.209. The van der Waals surface area contributed by atoms with Crippen LogP contribution < -0.4 is 10.5 Å². The maximum absolute atomic E-state index is 13.6. The number of thiocarbonyl (C=S) groups is 1. The van der Waals surface area contributed by atoms with Crippen molar-refractivity contribution < 1.29 is 4.79 Å². The summed E-state index contributed by atoms with van der Waals surface area (Å²) >= 11 is 7.00. The van der Waals surface area contributed by atoms with Crippen LogP contribution in [0.1, 0.15) is 81.5 Å². The van der Waals surface area contributed by atoms with Crippen molar-refractivity contribution in [2.24, 2.45) is 11.8 Å². The van der Waals surface area contributed by atoms with Gasteiger partial charge in [-0.25, -0.2) is 0 Å². The van der Waals surface area contributed by atoms with Crippen LogP contribution >= 0.6 is 24.0 Å². The number of nitrogens with zero attached hydrogens (tertiary/aromatic N) is 4. The highest BCUT2D eigenvalue weighted by atomic mass is 32.2. The van der Waals surface area contributed by atoms with Gasteiger partial charge >= 0.3 is 0 Å². The molecule has 8 heteroatoms. The van der Waals surface area contributed by atoms with Gasteiger partial charge in [-0.15, -0.1) is 0 Å². The van der Waals surface area contributed by atoms with E-state index in [0.717, 1.165) is 69.4 Å². The summed E-state index contributed by atoms with van der Waals surface area (Å²) in [7, 11) is 0. The van der Waals surface area contributed by atoms with E-state index >= 15 is 0 Å². The molecule has 1 atom stereocenters. The molecule has 2 fully saturated rings. The van der Waals surface area contributed by atoms with Gasteiger partial charge in [0.2, 0.25) is 0 Å². The smallest absolute Gasteiger partial charge is 0.270 e. The Morgan fingerprint density at radius 1 is 1.15 bits per heavy atom. The second-order valence-corrected chi connectivity index (χ2v) is 12.9. The molecule has 1 aromatic heterocycles. The van der Waals surface area contributed by atoms with Crippen LogP contribution in [0.5, 0.6) is 0 Å². The zero-order chi connectivity index (χ0) is 29.5. The molecule has 0 radical (unpaired) electrons. The number of unbranched alkanes of at least 4 members (excludes halogenated alkanes) is 1. The SMILES string of the molecule is CCCCC(CC)CN1C(=O)/C(=C\c2c(C)c(C#N)c(=O)n(CC)c2N2CCC(Cc3ccccc3)CC2)SC1=S. The predicted molar refractivity (Wildman–Crippen MR) is 174 cm³/mol. The third kappa shape index (κ3) is 6.95. The number of carbonyl (C=O) groups is 1. The number of carbonyl (C=O) groups excluding carboxylic acids is 1. The molecule has 0 bridgehead atoms. The number of aromatic nitrogens is 1. The fraction of sp³-hybridized carbons (Fsp3) is 0.515. The molecule has 2 aliphatic heterocycles. The summed E-state index contributed by atoms with van der Waals surface area (Å²) in [5.41, 5.74) is 2.64. The number of piperidine rings is 1. The number of thioether (sulfide) groups is 1. The van der Waals surface area contributed by atoms with E-state index in [1.807, 2.05) is 26.0 Å². The fourth-order valence-corrected chi connectivity index (χ4v) is 7.30. The van der Waals surface area contributed by atoms with Crippen molar-refractivity contribution in [3.05, 3.63) is 67.8 Å². The summed E-state index contributed by atoms with van der Waals surface area (Å²) in [6.07, 6.45) is 9.34. The third-order valence-corrected chi connectivity index (χ3v) is 9.95. The molecule has 3 heterocycles. The molecule has 0 N–H and O–H groups in total. The number of anilines is 1. The Hall–Kier alpha value is -2.89. The Balaban J connectivity index is 1.66. The summed E-state index contributed by atoms with van der Waals surface area (Å²) in [6.45, 7) is 10.8. The largest absolute Gasteiger partial charge is 0.357 e. The van der Waals surface area contributed by atoms with Crippen molar-refractivity contribution in [3.63, 3.8) is 0 Å². The van der Waals surface area contributed by atoms with Crippen molar-refractivity contribution in [1.82, 2.24) is 9.47 Å². The highest BCUT2D eigenvalue weighted by molar-refractivity contribution is 8.26. The normalized spacial score (nSPS) is 17.9. The van der Waals surface area contributed by atoms with Crippen LogP contribution in [0.4, 0.5) is 5.82 Å². The highest BCUT2D eigenvalue weighted by Crippen LogP contribution is 2.37. The van der Waals surface area contributed by atoms with Crippen LogP contribution in [0.3, 0.4) is 0 Å². The lowest BCUT2D eigenvalue weighted by atomic mass is 9.90. The van der Waals surface area contributed by atoms with Crippen molar-refractivity contribution in [2.45, 2.75) is 79.2 Å². The van der Waals surface area contributed by atoms with Gasteiger partial charge in [-0.05, 0) is 68.6 Å². The molecule has 0 aliphatic carbocycles.